The van der Waals surface area contributed by atoms with Gasteiger partial charge in [-0.05, 0) is 44.2 Å². The molecule has 1 amide bonds. The zero-order valence-corrected chi connectivity index (χ0v) is 15.3. The Morgan fingerprint density at radius 3 is 2.76 bits per heavy atom. The lowest BCUT2D eigenvalue weighted by atomic mass is 10.1. The van der Waals surface area contributed by atoms with Crippen LogP contribution in [0.5, 0.6) is 11.5 Å². The predicted octanol–water partition coefficient (Wildman–Crippen LogP) is 1.41. The van der Waals surface area contributed by atoms with Crippen LogP contribution in [0.25, 0.3) is 0 Å². The van der Waals surface area contributed by atoms with Crippen molar-refractivity contribution in [1.82, 2.24) is 5.32 Å². The van der Waals surface area contributed by atoms with Crippen molar-refractivity contribution in [1.29, 1.82) is 0 Å². The van der Waals surface area contributed by atoms with E-state index in [0.29, 0.717) is 25.4 Å². The summed E-state index contributed by atoms with van der Waals surface area (Å²) in [5.41, 5.74) is 1.09. The zero-order chi connectivity index (χ0) is 18.2. The summed E-state index contributed by atoms with van der Waals surface area (Å²) in [5, 5.41) is 2.90. The van der Waals surface area contributed by atoms with E-state index in [0.717, 1.165) is 22.0 Å². The Hall–Kier alpha value is -2.47. The fourth-order valence-corrected chi connectivity index (χ4v) is 2.54. The minimum Gasteiger partial charge on any atom is -0.493 e. The summed E-state index contributed by atoms with van der Waals surface area (Å²) in [5.74, 6) is 2.18. The van der Waals surface area contributed by atoms with Gasteiger partial charge in [-0.25, -0.2) is 0 Å². The average Bonchev–Trinajstić information content (AvgIpc) is 3.13. The fourth-order valence-electron chi connectivity index (χ4n) is 2.54. The van der Waals surface area contributed by atoms with Crippen LogP contribution in [-0.4, -0.2) is 32.7 Å². The van der Waals surface area contributed by atoms with Gasteiger partial charge in [0.2, 0.25) is 0 Å². The summed E-state index contributed by atoms with van der Waals surface area (Å²) in [4.78, 5) is 13.4. The lowest BCUT2D eigenvalue weighted by molar-refractivity contribution is -0.908. The van der Waals surface area contributed by atoms with Gasteiger partial charge in [0.15, 0.2) is 17.5 Å². The monoisotopic (exact) mass is 347 g/mol. The largest absolute Gasteiger partial charge is 0.493 e. The Morgan fingerprint density at radius 2 is 2.12 bits per heavy atom. The van der Waals surface area contributed by atoms with Gasteiger partial charge in [-0.3, -0.25) is 4.79 Å². The Morgan fingerprint density at radius 1 is 1.32 bits per heavy atom. The van der Waals surface area contributed by atoms with Gasteiger partial charge in [-0.2, -0.15) is 0 Å². The molecule has 1 aromatic carbocycles. The number of carbonyl (C=O) groups is 1. The second kappa shape index (κ2) is 9.13. The third-order valence-electron chi connectivity index (χ3n) is 4.16. The Labute approximate surface area is 148 Å². The van der Waals surface area contributed by atoms with Gasteiger partial charge in [-0.15, -0.1) is 0 Å². The van der Waals surface area contributed by atoms with Crippen molar-refractivity contribution in [3.05, 3.63) is 47.9 Å². The number of ether oxygens (including phenoxy) is 2. The maximum absolute atomic E-state index is 12.3. The topological polar surface area (TPSA) is 65.1 Å². The lowest BCUT2D eigenvalue weighted by Gasteiger charge is -2.21. The molecule has 1 heterocycles. The molecule has 0 radical (unpaired) electrons. The van der Waals surface area contributed by atoms with E-state index in [-0.39, 0.29) is 11.9 Å². The molecule has 6 nitrogen and oxygen atoms in total. The van der Waals surface area contributed by atoms with Gasteiger partial charge in [0.1, 0.15) is 12.3 Å². The minimum absolute atomic E-state index is 0.00759. The summed E-state index contributed by atoms with van der Waals surface area (Å²) in [6.45, 7) is 5.55. The number of rotatable bonds is 9. The molecule has 0 saturated carbocycles. The van der Waals surface area contributed by atoms with Gasteiger partial charge >= 0.3 is 0 Å². The Balaban J connectivity index is 1.93. The van der Waals surface area contributed by atoms with Gasteiger partial charge in [-0.1, -0.05) is 0 Å². The van der Waals surface area contributed by atoms with Crippen LogP contribution in [0.2, 0.25) is 0 Å². The number of likely N-dealkylation sites (N-methyl/N-ethyl adjacent to an activating group) is 1. The minimum atomic E-state index is -0.187. The Kier molecular flexibility index (Phi) is 6.89. The number of benzene rings is 1. The second-order valence-electron chi connectivity index (χ2n) is 5.96. The van der Waals surface area contributed by atoms with E-state index in [1.807, 2.05) is 51.2 Å². The molecule has 1 unspecified atom stereocenters. The number of quaternary nitrogens is 1. The zero-order valence-electron chi connectivity index (χ0n) is 15.3. The van der Waals surface area contributed by atoms with E-state index in [4.69, 9.17) is 13.9 Å². The molecular formula is C19H27N2O4+. The van der Waals surface area contributed by atoms with Crippen LogP contribution in [-0.2, 0) is 17.9 Å². The number of nitrogens with one attached hydrogen (secondary N) is 2. The van der Waals surface area contributed by atoms with E-state index in [2.05, 4.69) is 5.32 Å². The summed E-state index contributed by atoms with van der Waals surface area (Å²) >= 11 is 0. The first-order valence-electron chi connectivity index (χ1n) is 8.47. The lowest BCUT2D eigenvalue weighted by Crippen LogP contribution is -3.12. The Bertz CT molecular complexity index is 670. The van der Waals surface area contributed by atoms with E-state index < -0.39 is 0 Å². The molecule has 1 aromatic heterocycles. The molecule has 0 bridgehead atoms. The van der Waals surface area contributed by atoms with Crippen LogP contribution >= 0.6 is 0 Å². The van der Waals surface area contributed by atoms with Crippen LogP contribution in [0, 0.1) is 0 Å². The molecule has 0 aliphatic carbocycles. The molecule has 0 aliphatic rings. The highest BCUT2D eigenvalue weighted by Gasteiger charge is 2.22. The summed E-state index contributed by atoms with van der Waals surface area (Å²) in [7, 11) is 3.63. The molecule has 0 aliphatic heterocycles. The van der Waals surface area contributed by atoms with E-state index in [1.54, 1.807) is 13.4 Å². The SMILES string of the molecule is CCOc1ccc(C[NH+](C)[C@H](C)C(=O)NCc2ccco2)cc1OC. The highest BCUT2D eigenvalue weighted by atomic mass is 16.5. The van der Waals surface area contributed by atoms with Crippen LogP contribution < -0.4 is 19.7 Å². The van der Waals surface area contributed by atoms with E-state index >= 15 is 0 Å². The molecule has 0 spiro atoms. The summed E-state index contributed by atoms with van der Waals surface area (Å²) < 4.78 is 16.1. The third kappa shape index (κ3) is 5.26. The van der Waals surface area contributed by atoms with E-state index in [9.17, 15) is 4.79 Å². The molecule has 2 aromatic rings. The van der Waals surface area contributed by atoms with Crippen LogP contribution in [0.15, 0.2) is 41.0 Å². The predicted molar refractivity (Wildman–Crippen MR) is 94.8 cm³/mol. The van der Waals surface area contributed by atoms with Gasteiger partial charge in [0.05, 0.1) is 33.6 Å². The molecule has 2 atom stereocenters. The maximum atomic E-state index is 12.3. The molecular weight excluding hydrogens is 320 g/mol. The van der Waals surface area contributed by atoms with E-state index in [1.165, 1.54) is 0 Å². The number of furan rings is 1. The van der Waals surface area contributed by atoms with Crippen molar-refractivity contribution in [3.63, 3.8) is 0 Å². The fraction of sp³-hybridized carbons (Fsp3) is 0.421. The third-order valence-corrected chi connectivity index (χ3v) is 4.16. The number of methoxy groups -OCH3 is 1. The van der Waals surface area contributed by atoms with Crippen molar-refractivity contribution in [2.45, 2.75) is 33.0 Å². The first kappa shape index (κ1) is 18.9. The average molecular weight is 347 g/mol. The first-order valence-corrected chi connectivity index (χ1v) is 8.47. The van der Waals surface area contributed by atoms with Crippen LogP contribution in [0.4, 0.5) is 0 Å². The molecule has 0 fully saturated rings. The van der Waals surface area contributed by atoms with Crippen molar-refractivity contribution in [3.8, 4) is 11.5 Å². The molecule has 25 heavy (non-hydrogen) atoms. The number of hydrogen-bond donors (Lipinski definition) is 2. The molecule has 136 valence electrons. The smallest absolute Gasteiger partial charge is 0.278 e. The first-order chi connectivity index (χ1) is 12.0. The summed E-state index contributed by atoms with van der Waals surface area (Å²) in [6, 6.07) is 9.33. The quantitative estimate of drug-likeness (QED) is 0.720. The highest BCUT2D eigenvalue weighted by molar-refractivity contribution is 5.79. The standard InChI is InChI=1S/C19H26N2O4/c1-5-24-17-9-8-15(11-18(17)23-4)13-21(3)14(2)19(22)20-12-16-7-6-10-25-16/h6-11,14H,5,12-13H2,1-4H3,(H,20,22)/p+1/t14-/m1/s1. The molecule has 6 heteroatoms. The summed E-state index contributed by atoms with van der Waals surface area (Å²) in [6.07, 6.45) is 1.60. The van der Waals surface area contributed by atoms with Gasteiger partial charge in [0.25, 0.3) is 5.91 Å². The molecule has 2 N–H and O–H groups in total. The molecule has 0 saturated heterocycles. The van der Waals surface area contributed by atoms with Crippen molar-refractivity contribution < 1.29 is 23.6 Å². The van der Waals surface area contributed by atoms with Crippen LogP contribution in [0.3, 0.4) is 0 Å². The van der Waals surface area contributed by atoms with Crippen molar-refractivity contribution in [2.75, 3.05) is 20.8 Å². The second-order valence-corrected chi connectivity index (χ2v) is 5.96. The van der Waals surface area contributed by atoms with Gasteiger partial charge in [0, 0.05) is 5.56 Å². The van der Waals surface area contributed by atoms with Crippen molar-refractivity contribution in [2.24, 2.45) is 0 Å². The van der Waals surface area contributed by atoms with Crippen LogP contribution in [0.1, 0.15) is 25.2 Å². The highest BCUT2D eigenvalue weighted by Crippen LogP contribution is 2.27. The van der Waals surface area contributed by atoms with Crippen molar-refractivity contribution >= 4 is 5.91 Å². The molecule has 2 rings (SSSR count). The number of hydrogen-bond acceptors (Lipinski definition) is 4. The number of amides is 1. The normalized spacial score (nSPS) is 13.1. The number of carbonyl (C=O) groups excluding carboxylic acids is 1. The van der Waals surface area contributed by atoms with Gasteiger partial charge < -0.3 is 24.1 Å². The maximum Gasteiger partial charge on any atom is 0.278 e.